The predicted molar refractivity (Wildman–Crippen MR) is 64.2 cm³/mol. The fourth-order valence-electron chi connectivity index (χ4n) is 2.15. The number of nitrogens with zero attached hydrogens (tertiary/aromatic N) is 1. The number of likely N-dealkylation sites (N-methyl/N-ethyl adjacent to an activating group) is 1. The lowest BCUT2D eigenvalue weighted by Gasteiger charge is -2.26. The van der Waals surface area contributed by atoms with Crippen molar-refractivity contribution < 1.29 is 4.74 Å². The van der Waals surface area contributed by atoms with Crippen molar-refractivity contribution in [3.05, 3.63) is 0 Å². The lowest BCUT2D eigenvalue weighted by molar-refractivity contribution is 0.0841. The Labute approximate surface area is 94.2 Å². The second-order valence-corrected chi connectivity index (χ2v) is 4.74. The van der Waals surface area contributed by atoms with Crippen molar-refractivity contribution in [3.8, 4) is 0 Å². The average Bonchev–Trinajstić information content (AvgIpc) is 2.27. The minimum absolute atomic E-state index is 0.342. The number of rotatable bonds is 6. The maximum Gasteiger partial charge on any atom is 0.0669 e. The molecule has 3 heteroatoms. The van der Waals surface area contributed by atoms with Gasteiger partial charge in [0.1, 0.15) is 0 Å². The van der Waals surface area contributed by atoms with Gasteiger partial charge < -0.3 is 15.0 Å². The monoisotopic (exact) mass is 214 g/mol. The molecular formula is C12H26N2O. The highest BCUT2D eigenvalue weighted by Crippen LogP contribution is 2.10. The van der Waals surface area contributed by atoms with Gasteiger partial charge in [-0.1, -0.05) is 6.42 Å². The van der Waals surface area contributed by atoms with Gasteiger partial charge in [-0.05, 0) is 46.3 Å². The van der Waals surface area contributed by atoms with Crippen molar-refractivity contribution in [2.45, 2.75) is 44.8 Å². The van der Waals surface area contributed by atoms with Crippen molar-refractivity contribution >= 4 is 0 Å². The molecule has 1 aliphatic rings. The minimum atomic E-state index is 0.342. The van der Waals surface area contributed by atoms with E-state index < -0.39 is 0 Å². The molecule has 1 heterocycles. The van der Waals surface area contributed by atoms with E-state index >= 15 is 0 Å². The van der Waals surface area contributed by atoms with Crippen LogP contribution in [0.3, 0.4) is 0 Å². The molecule has 0 aliphatic carbocycles. The van der Waals surface area contributed by atoms with Crippen LogP contribution in [-0.4, -0.2) is 50.8 Å². The zero-order chi connectivity index (χ0) is 11.1. The number of hydrogen-bond donors (Lipinski definition) is 1. The van der Waals surface area contributed by atoms with E-state index in [2.05, 4.69) is 24.2 Å². The van der Waals surface area contributed by atoms with Crippen LogP contribution in [0.4, 0.5) is 0 Å². The maximum atomic E-state index is 5.26. The molecule has 3 nitrogen and oxygen atoms in total. The molecule has 0 amide bonds. The highest BCUT2D eigenvalue weighted by atomic mass is 16.5. The summed E-state index contributed by atoms with van der Waals surface area (Å²) in [6, 6.07) is 0.749. The van der Waals surface area contributed by atoms with Crippen molar-refractivity contribution in [2.24, 2.45) is 0 Å². The van der Waals surface area contributed by atoms with Gasteiger partial charge in [0.05, 0.1) is 6.10 Å². The molecule has 0 aromatic carbocycles. The first-order chi connectivity index (χ1) is 7.22. The van der Waals surface area contributed by atoms with Crippen LogP contribution in [0, 0.1) is 0 Å². The minimum Gasteiger partial charge on any atom is -0.380 e. The van der Waals surface area contributed by atoms with Gasteiger partial charge >= 0.3 is 0 Å². The lowest BCUT2D eigenvalue weighted by atomic mass is 10.0. The third-order valence-electron chi connectivity index (χ3n) is 3.24. The Morgan fingerprint density at radius 2 is 2.27 bits per heavy atom. The number of ether oxygens (including phenoxy) is 1. The highest BCUT2D eigenvalue weighted by molar-refractivity contribution is 4.73. The topological polar surface area (TPSA) is 24.5 Å². The summed E-state index contributed by atoms with van der Waals surface area (Å²) in [5.41, 5.74) is 0. The smallest absolute Gasteiger partial charge is 0.0669 e. The summed E-state index contributed by atoms with van der Waals surface area (Å²) in [6.45, 7) is 5.53. The molecule has 90 valence electrons. The Hall–Kier alpha value is -0.120. The molecular weight excluding hydrogens is 188 g/mol. The molecule has 0 saturated carbocycles. The summed E-state index contributed by atoms with van der Waals surface area (Å²) in [6.07, 6.45) is 5.72. The third-order valence-corrected chi connectivity index (χ3v) is 3.24. The lowest BCUT2D eigenvalue weighted by Crippen LogP contribution is -2.38. The molecule has 2 atom stereocenters. The second kappa shape index (κ2) is 7.20. The Morgan fingerprint density at radius 3 is 2.87 bits per heavy atom. The summed E-state index contributed by atoms with van der Waals surface area (Å²) < 4.78 is 5.26. The van der Waals surface area contributed by atoms with E-state index in [4.69, 9.17) is 4.74 Å². The van der Waals surface area contributed by atoms with Gasteiger partial charge in [-0.25, -0.2) is 0 Å². The standard InChI is InChI=1S/C12H26N2O/c1-11(15-3)10-14(2)9-7-12-6-4-5-8-13-12/h11-13H,4-10H2,1-3H3. The van der Waals surface area contributed by atoms with Crippen LogP contribution in [0.25, 0.3) is 0 Å². The summed E-state index contributed by atoms with van der Waals surface area (Å²) in [5, 5.41) is 3.58. The Morgan fingerprint density at radius 1 is 1.47 bits per heavy atom. The van der Waals surface area contributed by atoms with Gasteiger partial charge in [-0.3, -0.25) is 0 Å². The quantitative estimate of drug-likeness (QED) is 0.725. The number of nitrogens with one attached hydrogen (secondary N) is 1. The molecule has 0 spiro atoms. The van der Waals surface area contributed by atoms with Crippen LogP contribution in [0.2, 0.25) is 0 Å². The maximum absolute atomic E-state index is 5.26. The van der Waals surface area contributed by atoms with E-state index in [1.54, 1.807) is 7.11 Å². The molecule has 1 saturated heterocycles. The predicted octanol–water partition coefficient (Wildman–Crippen LogP) is 1.49. The van der Waals surface area contributed by atoms with Crippen LogP contribution in [-0.2, 0) is 4.74 Å². The molecule has 0 aromatic rings. The first kappa shape index (κ1) is 12.9. The summed E-state index contributed by atoms with van der Waals surface area (Å²) in [4.78, 5) is 2.37. The molecule has 1 aliphatic heterocycles. The number of methoxy groups -OCH3 is 1. The van der Waals surface area contributed by atoms with Crippen molar-refractivity contribution in [1.82, 2.24) is 10.2 Å². The fraction of sp³-hybridized carbons (Fsp3) is 1.00. The largest absolute Gasteiger partial charge is 0.380 e. The molecule has 1 N–H and O–H groups in total. The Balaban J connectivity index is 2.07. The molecule has 0 aromatic heterocycles. The van der Waals surface area contributed by atoms with Crippen molar-refractivity contribution in [3.63, 3.8) is 0 Å². The van der Waals surface area contributed by atoms with Gasteiger partial charge in [-0.2, -0.15) is 0 Å². The third kappa shape index (κ3) is 5.50. The first-order valence-electron chi connectivity index (χ1n) is 6.17. The van der Waals surface area contributed by atoms with E-state index in [1.165, 1.54) is 38.8 Å². The molecule has 1 fully saturated rings. The Bertz CT molecular complexity index is 158. The van der Waals surface area contributed by atoms with E-state index in [9.17, 15) is 0 Å². The van der Waals surface area contributed by atoms with Gasteiger partial charge in [0.2, 0.25) is 0 Å². The van der Waals surface area contributed by atoms with Crippen LogP contribution in [0.1, 0.15) is 32.6 Å². The molecule has 0 radical (unpaired) electrons. The Kier molecular flexibility index (Phi) is 6.22. The number of hydrogen-bond acceptors (Lipinski definition) is 3. The van der Waals surface area contributed by atoms with Crippen LogP contribution >= 0.6 is 0 Å². The van der Waals surface area contributed by atoms with Gasteiger partial charge in [-0.15, -0.1) is 0 Å². The van der Waals surface area contributed by atoms with Crippen LogP contribution in [0.5, 0.6) is 0 Å². The first-order valence-corrected chi connectivity index (χ1v) is 6.17. The highest BCUT2D eigenvalue weighted by Gasteiger charge is 2.13. The van der Waals surface area contributed by atoms with Crippen LogP contribution < -0.4 is 5.32 Å². The second-order valence-electron chi connectivity index (χ2n) is 4.74. The van der Waals surface area contributed by atoms with Gasteiger partial charge in [0, 0.05) is 19.7 Å². The average molecular weight is 214 g/mol. The normalized spacial score (nSPS) is 24.4. The molecule has 2 unspecified atom stereocenters. The summed E-state index contributed by atoms with van der Waals surface area (Å²) >= 11 is 0. The van der Waals surface area contributed by atoms with Crippen molar-refractivity contribution in [1.29, 1.82) is 0 Å². The summed E-state index contributed by atoms with van der Waals surface area (Å²) in [5.74, 6) is 0. The van der Waals surface area contributed by atoms with Gasteiger partial charge in [0.15, 0.2) is 0 Å². The fourth-order valence-corrected chi connectivity index (χ4v) is 2.15. The molecule has 0 bridgehead atoms. The van der Waals surface area contributed by atoms with E-state index in [0.717, 1.165) is 12.6 Å². The van der Waals surface area contributed by atoms with E-state index in [0.29, 0.717) is 6.10 Å². The molecule has 1 rings (SSSR count). The summed E-state index contributed by atoms with van der Waals surface area (Å²) in [7, 11) is 3.96. The van der Waals surface area contributed by atoms with Crippen molar-refractivity contribution in [2.75, 3.05) is 33.8 Å². The number of piperidine rings is 1. The van der Waals surface area contributed by atoms with E-state index in [1.807, 2.05) is 0 Å². The van der Waals surface area contributed by atoms with Crippen LogP contribution in [0.15, 0.2) is 0 Å². The molecule has 15 heavy (non-hydrogen) atoms. The van der Waals surface area contributed by atoms with E-state index in [-0.39, 0.29) is 0 Å². The SMILES string of the molecule is COC(C)CN(C)CCC1CCCCN1. The van der Waals surface area contributed by atoms with Gasteiger partial charge in [0.25, 0.3) is 0 Å². The zero-order valence-corrected chi connectivity index (χ0v) is 10.5. The zero-order valence-electron chi connectivity index (χ0n) is 10.5.